The van der Waals surface area contributed by atoms with Gasteiger partial charge >= 0.3 is 0 Å². The van der Waals surface area contributed by atoms with E-state index in [1.165, 1.54) is 4.31 Å². The normalized spacial score (nSPS) is 17.6. The number of amides is 1. The lowest BCUT2D eigenvalue weighted by molar-refractivity contribution is -0.120. The molecular formula is C23H30N2O4S. The Kier molecular flexibility index (Phi) is 5.87. The van der Waals surface area contributed by atoms with Crippen LogP contribution in [0.5, 0.6) is 5.75 Å². The highest BCUT2D eigenvalue weighted by atomic mass is 32.2. The predicted molar refractivity (Wildman–Crippen MR) is 119 cm³/mol. The molecule has 0 fully saturated rings. The summed E-state index contributed by atoms with van der Waals surface area (Å²) < 4.78 is 32.2. The number of fused-ring (bicyclic) bond motifs is 1. The molecule has 0 aromatic heterocycles. The Morgan fingerprint density at radius 2 is 1.90 bits per heavy atom. The van der Waals surface area contributed by atoms with Gasteiger partial charge in [0.1, 0.15) is 17.9 Å². The number of hydrogen-bond acceptors (Lipinski definition) is 4. The van der Waals surface area contributed by atoms with Crippen molar-refractivity contribution >= 4 is 21.6 Å². The Balaban J connectivity index is 1.88. The molecule has 1 N–H and O–H groups in total. The van der Waals surface area contributed by atoms with E-state index in [4.69, 9.17) is 4.74 Å². The molecule has 0 saturated carbocycles. The number of hydrogen-bond donors (Lipinski definition) is 1. The third-order valence-corrected chi connectivity index (χ3v) is 6.62. The van der Waals surface area contributed by atoms with E-state index in [1.807, 2.05) is 58.9 Å². The quantitative estimate of drug-likeness (QED) is 0.783. The van der Waals surface area contributed by atoms with Gasteiger partial charge < -0.3 is 10.1 Å². The maximum atomic E-state index is 13.0. The second-order valence-electron chi connectivity index (χ2n) is 8.72. The van der Waals surface area contributed by atoms with Gasteiger partial charge in [0.15, 0.2) is 0 Å². The van der Waals surface area contributed by atoms with Crippen LogP contribution in [-0.2, 0) is 14.8 Å². The number of sulfonamides is 1. The fourth-order valence-electron chi connectivity index (χ4n) is 3.86. The number of aryl methyl sites for hydroxylation is 2. The second kappa shape index (κ2) is 7.95. The molecule has 0 spiro atoms. The van der Waals surface area contributed by atoms with Gasteiger partial charge in [-0.25, -0.2) is 8.42 Å². The lowest BCUT2D eigenvalue weighted by Crippen LogP contribution is -2.45. The standard InChI is InChI=1S/C23H30N2O4S/c1-15-10-11-21-18(12-15)19(13-23(4,5)29-21)24-22(26)14-25(30(6,27)28)20-9-7-8-16(2)17(20)3/h7-12,19H,13-14H2,1-6H3,(H,24,26). The average Bonchev–Trinajstić information content (AvgIpc) is 2.61. The number of nitrogens with one attached hydrogen (secondary N) is 1. The lowest BCUT2D eigenvalue weighted by atomic mass is 9.89. The van der Waals surface area contributed by atoms with Crippen molar-refractivity contribution in [3.05, 3.63) is 58.7 Å². The van der Waals surface area contributed by atoms with Crippen molar-refractivity contribution in [1.82, 2.24) is 5.32 Å². The third kappa shape index (κ3) is 4.78. The maximum absolute atomic E-state index is 13.0. The second-order valence-corrected chi connectivity index (χ2v) is 10.6. The van der Waals surface area contributed by atoms with E-state index in [0.29, 0.717) is 12.1 Å². The summed E-state index contributed by atoms with van der Waals surface area (Å²) >= 11 is 0. The minimum atomic E-state index is -3.64. The predicted octanol–water partition coefficient (Wildman–Crippen LogP) is 3.80. The third-order valence-electron chi connectivity index (χ3n) is 5.49. The fourth-order valence-corrected chi connectivity index (χ4v) is 4.77. The highest BCUT2D eigenvalue weighted by Gasteiger charge is 2.35. The van der Waals surface area contributed by atoms with Crippen LogP contribution in [-0.4, -0.2) is 32.7 Å². The van der Waals surface area contributed by atoms with Crippen molar-refractivity contribution in [3.8, 4) is 5.75 Å². The van der Waals surface area contributed by atoms with Crippen LogP contribution in [0.4, 0.5) is 5.69 Å². The molecule has 0 bridgehead atoms. The molecule has 2 aromatic carbocycles. The van der Waals surface area contributed by atoms with Crippen LogP contribution in [0.2, 0.25) is 0 Å². The minimum absolute atomic E-state index is 0.254. The Hall–Kier alpha value is -2.54. The topological polar surface area (TPSA) is 75.7 Å². The fraction of sp³-hybridized carbons (Fsp3) is 0.435. The van der Waals surface area contributed by atoms with Crippen LogP contribution in [0.1, 0.15) is 48.6 Å². The first-order valence-corrected chi connectivity index (χ1v) is 11.8. The molecule has 30 heavy (non-hydrogen) atoms. The summed E-state index contributed by atoms with van der Waals surface area (Å²) in [5.74, 6) is 0.396. The first kappa shape index (κ1) is 22.2. The summed E-state index contributed by atoms with van der Waals surface area (Å²) in [6.07, 6.45) is 1.72. The molecule has 7 heteroatoms. The molecule has 6 nitrogen and oxygen atoms in total. The molecular weight excluding hydrogens is 400 g/mol. The molecule has 3 rings (SSSR count). The number of carbonyl (C=O) groups is 1. The van der Waals surface area contributed by atoms with Crippen LogP contribution in [0.15, 0.2) is 36.4 Å². The molecule has 0 radical (unpaired) electrons. The molecule has 1 amide bonds. The molecule has 1 atom stereocenters. The first-order valence-electron chi connectivity index (χ1n) is 10.0. The maximum Gasteiger partial charge on any atom is 0.241 e. The summed E-state index contributed by atoms with van der Waals surface area (Å²) in [5.41, 5.74) is 3.88. The highest BCUT2D eigenvalue weighted by Crippen LogP contribution is 2.39. The van der Waals surface area contributed by atoms with Gasteiger partial charge in [-0.15, -0.1) is 0 Å². The largest absolute Gasteiger partial charge is 0.487 e. The Morgan fingerprint density at radius 1 is 1.20 bits per heavy atom. The zero-order valence-corrected chi connectivity index (χ0v) is 19.3. The summed E-state index contributed by atoms with van der Waals surface area (Å²) in [4.78, 5) is 13.0. The van der Waals surface area contributed by atoms with Crippen molar-refractivity contribution in [2.45, 2.75) is 52.7 Å². The van der Waals surface area contributed by atoms with Crippen molar-refractivity contribution in [2.75, 3.05) is 17.1 Å². The molecule has 162 valence electrons. The van der Waals surface area contributed by atoms with Gasteiger partial charge in [-0.3, -0.25) is 9.10 Å². The van der Waals surface area contributed by atoms with Gasteiger partial charge in [0, 0.05) is 12.0 Å². The highest BCUT2D eigenvalue weighted by molar-refractivity contribution is 7.92. The van der Waals surface area contributed by atoms with E-state index in [-0.39, 0.29) is 18.5 Å². The molecule has 0 aliphatic carbocycles. The van der Waals surface area contributed by atoms with Gasteiger partial charge in [-0.1, -0.05) is 29.8 Å². The molecule has 1 aliphatic heterocycles. The van der Waals surface area contributed by atoms with Crippen LogP contribution in [0.3, 0.4) is 0 Å². The van der Waals surface area contributed by atoms with Crippen molar-refractivity contribution in [2.24, 2.45) is 0 Å². The molecule has 1 heterocycles. The molecule has 0 saturated heterocycles. The van der Waals surface area contributed by atoms with E-state index < -0.39 is 15.6 Å². The van der Waals surface area contributed by atoms with Crippen LogP contribution < -0.4 is 14.4 Å². The number of rotatable bonds is 5. The molecule has 2 aromatic rings. The summed E-state index contributed by atoms with van der Waals surface area (Å²) in [6.45, 7) is 9.46. The Morgan fingerprint density at radius 3 is 2.57 bits per heavy atom. The van der Waals surface area contributed by atoms with E-state index in [9.17, 15) is 13.2 Å². The lowest BCUT2D eigenvalue weighted by Gasteiger charge is -2.38. The van der Waals surface area contributed by atoms with Crippen molar-refractivity contribution in [1.29, 1.82) is 0 Å². The summed E-state index contributed by atoms with van der Waals surface area (Å²) in [6, 6.07) is 11.1. The monoisotopic (exact) mass is 430 g/mol. The number of nitrogens with zero attached hydrogens (tertiary/aromatic N) is 1. The summed E-state index contributed by atoms with van der Waals surface area (Å²) in [7, 11) is -3.64. The SMILES string of the molecule is Cc1ccc2c(c1)C(NC(=O)CN(c1cccc(C)c1C)S(C)(=O)=O)CC(C)(C)O2. The van der Waals surface area contributed by atoms with Crippen LogP contribution >= 0.6 is 0 Å². The van der Waals surface area contributed by atoms with Gasteiger partial charge in [0.05, 0.1) is 18.0 Å². The smallest absolute Gasteiger partial charge is 0.241 e. The zero-order valence-electron chi connectivity index (χ0n) is 18.4. The average molecular weight is 431 g/mol. The van der Waals surface area contributed by atoms with Crippen molar-refractivity contribution < 1.29 is 17.9 Å². The van der Waals surface area contributed by atoms with Gasteiger partial charge in [0.2, 0.25) is 15.9 Å². The first-order chi connectivity index (χ1) is 13.9. The van der Waals surface area contributed by atoms with E-state index >= 15 is 0 Å². The van der Waals surface area contributed by atoms with Gasteiger partial charge in [-0.05, 0) is 57.9 Å². The number of carbonyl (C=O) groups excluding carboxylic acids is 1. The number of anilines is 1. The number of benzene rings is 2. The van der Waals surface area contributed by atoms with Gasteiger partial charge in [-0.2, -0.15) is 0 Å². The minimum Gasteiger partial charge on any atom is -0.487 e. The Labute approximate surface area is 179 Å². The molecule has 1 aliphatic rings. The van der Waals surface area contributed by atoms with Crippen LogP contribution in [0, 0.1) is 20.8 Å². The van der Waals surface area contributed by atoms with E-state index in [2.05, 4.69) is 5.32 Å². The molecule has 1 unspecified atom stereocenters. The van der Waals surface area contributed by atoms with E-state index in [0.717, 1.165) is 34.3 Å². The summed E-state index contributed by atoms with van der Waals surface area (Å²) in [5, 5.41) is 3.04. The van der Waals surface area contributed by atoms with Crippen LogP contribution in [0.25, 0.3) is 0 Å². The van der Waals surface area contributed by atoms with E-state index in [1.54, 1.807) is 12.1 Å². The van der Waals surface area contributed by atoms with Gasteiger partial charge in [0.25, 0.3) is 0 Å². The Bertz CT molecular complexity index is 1080. The number of ether oxygens (including phenoxy) is 1. The van der Waals surface area contributed by atoms with Crippen molar-refractivity contribution in [3.63, 3.8) is 0 Å². The zero-order chi connectivity index (χ0) is 22.3.